The van der Waals surface area contributed by atoms with E-state index in [1.165, 1.54) is 5.56 Å². The molecule has 0 saturated carbocycles. The number of carbonyl (C=O) groups is 6. The Morgan fingerprint density at radius 1 is 0.692 bits per heavy atom. The molecule has 3 N–H and O–H groups in total. The van der Waals surface area contributed by atoms with E-state index in [4.69, 9.17) is 19.2 Å². The molecule has 0 spiro atoms. The molecule has 7 aliphatic rings. The molecule has 6 amide bonds. The lowest BCUT2D eigenvalue weighted by Gasteiger charge is -2.29. The van der Waals surface area contributed by atoms with E-state index in [9.17, 15) is 28.8 Å². The van der Waals surface area contributed by atoms with Crippen LogP contribution in [-0.2, 0) is 43.5 Å². The molecule has 5 saturated heterocycles. The lowest BCUT2D eigenvalue weighted by atomic mass is 10.0. The normalized spacial score (nSPS) is 25.2. The predicted molar refractivity (Wildman–Crippen MR) is 238 cm³/mol. The lowest BCUT2D eigenvalue weighted by Crippen LogP contribution is -2.52. The first-order chi connectivity index (χ1) is 31.1. The number of nitrogens with zero attached hydrogens (tertiary/aromatic N) is 4. The zero-order valence-electron chi connectivity index (χ0n) is 35.9. The van der Waals surface area contributed by atoms with Crippen LogP contribution in [0.4, 0.5) is 0 Å². The molecule has 4 aromatic rings. The Bertz CT molecular complexity index is 2540. The van der Waals surface area contributed by atoms with Crippen LogP contribution in [0.5, 0.6) is 11.5 Å². The van der Waals surface area contributed by atoms with Gasteiger partial charge in [-0.1, -0.05) is 12.1 Å². The van der Waals surface area contributed by atoms with Gasteiger partial charge in [-0.05, 0) is 110 Å². The largest absolute Gasteiger partial charge is 0.489 e. The van der Waals surface area contributed by atoms with E-state index in [0.29, 0.717) is 43.0 Å². The van der Waals surface area contributed by atoms with Crippen LogP contribution in [0.25, 0.3) is 10.9 Å². The standard InChI is InChI=1S/C31H32N4O5.C17H19N3O4.ClH/c36-29-8-7-28(30(37)33-29)35-16-22-14-23(3-4-25(22)31(35)38)40-24-9-11-34(17-24)15-19-1-5-26-20(13-19)2-6-27(32-26)21-10-12-39-18-21;21-15-4-3-14(16(22)19-15)20-9-10-7-11(1-2-13(10)17(20)23)24-12-5-6-18-8-12;/h1-6,13-14,21,24,28H,7-12,15-18H2,(H,33,36,37);1-2,7,12,14,18H,3-6,8-9H2,(H,19,21,22);1H/t21-,24-,28?;12-,14?;/m00./s1. The van der Waals surface area contributed by atoms with Crippen LogP contribution < -0.4 is 25.4 Å². The van der Waals surface area contributed by atoms with Crippen molar-refractivity contribution in [3.8, 4) is 11.5 Å². The topological polar surface area (TPSA) is 189 Å². The van der Waals surface area contributed by atoms with Gasteiger partial charge in [0.15, 0.2) is 0 Å². The summed E-state index contributed by atoms with van der Waals surface area (Å²) >= 11 is 0. The fourth-order valence-corrected chi connectivity index (χ4v) is 9.94. The van der Waals surface area contributed by atoms with Gasteiger partial charge in [0.25, 0.3) is 11.8 Å². The van der Waals surface area contributed by atoms with Crippen molar-refractivity contribution in [2.24, 2.45) is 0 Å². The minimum absolute atomic E-state index is 0. The number of likely N-dealkylation sites (tertiary alicyclic amines) is 1. The summed E-state index contributed by atoms with van der Waals surface area (Å²) in [6, 6.07) is 20.7. The number of nitrogens with one attached hydrogen (secondary N) is 3. The van der Waals surface area contributed by atoms with Crippen molar-refractivity contribution in [1.29, 1.82) is 0 Å². The number of carbonyl (C=O) groups excluding carboxylic acids is 6. The lowest BCUT2D eigenvalue weighted by molar-refractivity contribution is -0.138. The van der Waals surface area contributed by atoms with Gasteiger partial charge in [-0.3, -0.25) is 49.3 Å². The average Bonchev–Trinajstić information content (AvgIpc) is 4.15. The SMILES string of the molecule is Cl.O=C1CCC(N2Cc3cc(O[C@H]4CCN(Cc5ccc6nc([C@H]7CCOC7)ccc6c5)C4)ccc3C2=O)C(=O)N1.O=C1CCC(N2Cc3cc(O[C@H]4CCNC4)ccc3C2=O)C(=O)N1. The summed E-state index contributed by atoms with van der Waals surface area (Å²) in [5.74, 6) is 0.221. The van der Waals surface area contributed by atoms with Gasteiger partial charge < -0.3 is 29.3 Å². The molecule has 0 bridgehead atoms. The number of rotatable bonds is 9. The molecule has 1 aromatic heterocycles. The molecule has 11 rings (SSSR count). The number of hydrogen-bond donors (Lipinski definition) is 3. The second-order valence-electron chi connectivity index (χ2n) is 17.8. The van der Waals surface area contributed by atoms with Gasteiger partial charge in [-0.15, -0.1) is 12.4 Å². The zero-order valence-corrected chi connectivity index (χ0v) is 36.7. The molecule has 17 heteroatoms. The number of amides is 6. The number of hydrogen-bond acceptors (Lipinski definition) is 12. The van der Waals surface area contributed by atoms with Gasteiger partial charge >= 0.3 is 0 Å². The molecule has 0 aliphatic carbocycles. The van der Waals surface area contributed by atoms with E-state index in [1.807, 2.05) is 24.3 Å². The summed E-state index contributed by atoms with van der Waals surface area (Å²) in [6.45, 7) is 6.73. The summed E-state index contributed by atoms with van der Waals surface area (Å²) in [5.41, 5.74) is 6.34. The van der Waals surface area contributed by atoms with Gasteiger partial charge in [0, 0.05) is 86.8 Å². The smallest absolute Gasteiger partial charge is 0.255 e. The van der Waals surface area contributed by atoms with Crippen LogP contribution in [0, 0.1) is 0 Å². The maximum atomic E-state index is 13.0. The third-order valence-corrected chi connectivity index (χ3v) is 13.4. The average molecular weight is 906 g/mol. The van der Waals surface area contributed by atoms with Gasteiger partial charge in [-0.25, -0.2) is 0 Å². The highest BCUT2D eigenvalue weighted by Crippen LogP contribution is 2.33. The van der Waals surface area contributed by atoms with Gasteiger partial charge in [0.1, 0.15) is 35.8 Å². The Morgan fingerprint density at radius 3 is 1.92 bits per heavy atom. The Balaban J connectivity index is 0.000000182. The van der Waals surface area contributed by atoms with Crippen LogP contribution in [0.1, 0.15) is 94.0 Å². The van der Waals surface area contributed by atoms with E-state index in [1.54, 1.807) is 21.9 Å². The number of aromatic nitrogens is 1. The van der Waals surface area contributed by atoms with Gasteiger partial charge in [-0.2, -0.15) is 0 Å². The highest BCUT2D eigenvalue weighted by Gasteiger charge is 2.41. The Labute approximate surface area is 382 Å². The molecule has 5 fully saturated rings. The number of pyridine rings is 1. The number of halogens is 1. The maximum Gasteiger partial charge on any atom is 0.255 e. The Morgan fingerprint density at radius 2 is 1.34 bits per heavy atom. The highest BCUT2D eigenvalue weighted by molar-refractivity contribution is 6.06. The van der Waals surface area contributed by atoms with E-state index in [-0.39, 0.29) is 67.0 Å². The second-order valence-corrected chi connectivity index (χ2v) is 17.8. The molecule has 2 unspecified atom stereocenters. The quantitative estimate of drug-likeness (QED) is 0.207. The summed E-state index contributed by atoms with van der Waals surface area (Å²) in [4.78, 5) is 83.1. The second kappa shape index (κ2) is 18.9. The minimum Gasteiger partial charge on any atom is -0.489 e. The van der Waals surface area contributed by atoms with Crippen LogP contribution in [0.3, 0.4) is 0 Å². The summed E-state index contributed by atoms with van der Waals surface area (Å²) in [5, 5.41) is 9.07. The van der Waals surface area contributed by atoms with Gasteiger partial charge in [0.05, 0.1) is 12.1 Å². The van der Waals surface area contributed by atoms with Gasteiger partial charge in [0.2, 0.25) is 23.6 Å². The fourth-order valence-electron chi connectivity index (χ4n) is 9.94. The van der Waals surface area contributed by atoms with Crippen molar-refractivity contribution < 1.29 is 43.0 Å². The monoisotopic (exact) mass is 905 g/mol. The summed E-state index contributed by atoms with van der Waals surface area (Å²) in [6.07, 6.45) is 4.41. The zero-order chi connectivity index (χ0) is 43.9. The van der Waals surface area contributed by atoms with Crippen LogP contribution in [0.2, 0.25) is 0 Å². The molecule has 5 atom stereocenters. The molecule has 65 heavy (non-hydrogen) atoms. The van der Waals surface area contributed by atoms with E-state index < -0.39 is 18.0 Å². The van der Waals surface area contributed by atoms with Crippen molar-refractivity contribution in [2.75, 3.05) is 39.4 Å². The summed E-state index contributed by atoms with van der Waals surface area (Å²) in [7, 11) is 0. The van der Waals surface area contributed by atoms with Crippen molar-refractivity contribution in [2.45, 2.75) is 94.8 Å². The fraction of sp³-hybridized carbons (Fsp3) is 0.438. The number of fused-ring (bicyclic) bond motifs is 3. The first-order valence-electron chi connectivity index (χ1n) is 22.4. The van der Waals surface area contributed by atoms with Crippen molar-refractivity contribution in [1.82, 2.24) is 35.6 Å². The van der Waals surface area contributed by atoms with Crippen molar-refractivity contribution >= 4 is 58.8 Å². The predicted octanol–water partition coefficient (Wildman–Crippen LogP) is 3.76. The molecule has 16 nitrogen and oxygen atoms in total. The first-order valence-corrected chi connectivity index (χ1v) is 22.4. The first kappa shape index (κ1) is 44.3. The van der Waals surface area contributed by atoms with Crippen LogP contribution >= 0.6 is 12.4 Å². The van der Waals surface area contributed by atoms with Crippen LogP contribution in [0.15, 0.2) is 66.7 Å². The molecule has 7 aliphatic heterocycles. The van der Waals surface area contributed by atoms with E-state index in [2.05, 4.69) is 51.2 Å². The summed E-state index contributed by atoms with van der Waals surface area (Å²) < 4.78 is 17.8. The number of piperidine rings is 2. The van der Waals surface area contributed by atoms with Crippen molar-refractivity contribution in [3.05, 3.63) is 100 Å². The molecular weight excluding hydrogens is 854 g/mol. The van der Waals surface area contributed by atoms with Crippen LogP contribution in [-0.4, -0.2) is 119 Å². The minimum atomic E-state index is -0.611. The molecule has 0 radical (unpaired) electrons. The number of benzene rings is 3. The highest BCUT2D eigenvalue weighted by atomic mass is 35.5. The third-order valence-electron chi connectivity index (χ3n) is 13.4. The van der Waals surface area contributed by atoms with E-state index in [0.717, 1.165) is 104 Å². The molecular formula is C48H52ClN7O9. The molecule has 8 heterocycles. The molecule has 340 valence electrons. The van der Waals surface area contributed by atoms with E-state index >= 15 is 0 Å². The Hall–Kier alpha value is -5.94. The molecule has 3 aromatic carbocycles. The Kier molecular flexibility index (Phi) is 12.9. The number of ether oxygens (including phenoxy) is 3. The third kappa shape index (κ3) is 9.44. The van der Waals surface area contributed by atoms with Crippen molar-refractivity contribution in [3.63, 3.8) is 0 Å². The maximum absolute atomic E-state index is 13.0. The number of imide groups is 2.